The number of benzene rings is 3. The fraction of sp³-hybridized carbons (Fsp3) is 0.261. The van der Waals surface area contributed by atoms with E-state index in [1.165, 1.54) is 10.4 Å². The van der Waals surface area contributed by atoms with Crippen molar-refractivity contribution in [1.82, 2.24) is 4.31 Å². The number of carbonyl (C=O) groups excluding carboxylic acids is 1. The lowest BCUT2D eigenvalue weighted by molar-refractivity contribution is 0.0987. The highest BCUT2D eigenvalue weighted by atomic mass is 79.9. The predicted octanol–water partition coefficient (Wildman–Crippen LogP) is 5.05. The van der Waals surface area contributed by atoms with Crippen molar-refractivity contribution >= 4 is 48.3 Å². The van der Waals surface area contributed by atoms with E-state index in [9.17, 15) is 13.2 Å². The number of fused-ring (bicyclic) bond motifs is 1. The number of hydrogen-bond acceptors (Lipinski definition) is 3. The molecule has 0 radical (unpaired) electrons. The van der Waals surface area contributed by atoms with Crippen LogP contribution in [-0.4, -0.2) is 38.3 Å². The van der Waals surface area contributed by atoms with Crippen molar-refractivity contribution < 1.29 is 13.2 Å². The Balaban J connectivity index is 1.71. The summed E-state index contributed by atoms with van der Waals surface area (Å²) in [5.74, 6) is -0.238. The number of halogens is 1. The second-order valence-electron chi connectivity index (χ2n) is 7.33. The van der Waals surface area contributed by atoms with E-state index in [1.54, 1.807) is 17.0 Å². The Kier molecular flexibility index (Phi) is 5.95. The molecule has 0 aromatic heterocycles. The fourth-order valence-corrected chi connectivity index (χ4v) is 5.80. The molecule has 30 heavy (non-hydrogen) atoms. The van der Waals surface area contributed by atoms with Crippen LogP contribution in [0.4, 0.5) is 5.69 Å². The van der Waals surface area contributed by atoms with Crippen LogP contribution in [0.3, 0.4) is 0 Å². The monoisotopic (exact) mass is 486 g/mol. The molecule has 1 saturated heterocycles. The lowest BCUT2D eigenvalue weighted by Gasteiger charge is -2.23. The second kappa shape index (κ2) is 8.49. The number of rotatable bonds is 5. The molecule has 0 saturated carbocycles. The van der Waals surface area contributed by atoms with Crippen molar-refractivity contribution in [2.75, 3.05) is 24.5 Å². The highest BCUT2D eigenvalue weighted by Gasteiger charge is 2.29. The molecule has 1 amide bonds. The minimum atomic E-state index is -3.60. The van der Waals surface area contributed by atoms with Gasteiger partial charge in [-0.2, -0.15) is 4.31 Å². The zero-order valence-corrected chi connectivity index (χ0v) is 19.1. The first kappa shape index (κ1) is 21.0. The highest BCUT2D eigenvalue weighted by molar-refractivity contribution is 9.10. The van der Waals surface area contributed by atoms with E-state index >= 15 is 0 Å². The van der Waals surface area contributed by atoms with E-state index in [2.05, 4.69) is 15.9 Å². The van der Waals surface area contributed by atoms with E-state index in [1.807, 2.05) is 49.4 Å². The van der Waals surface area contributed by atoms with Gasteiger partial charge in [-0.3, -0.25) is 4.79 Å². The SMILES string of the molecule is CCN(C(=O)c1cc(S(=O)(=O)N2CCCC2)ccc1Br)c1ccc2ccccc2c1. The molecule has 0 bridgehead atoms. The molecule has 1 aliphatic heterocycles. The van der Waals surface area contributed by atoms with Crippen molar-refractivity contribution in [3.63, 3.8) is 0 Å². The number of nitrogens with zero attached hydrogens (tertiary/aromatic N) is 2. The second-order valence-corrected chi connectivity index (χ2v) is 10.1. The number of anilines is 1. The van der Waals surface area contributed by atoms with Crippen LogP contribution in [0.25, 0.3) is 10.8 Å². The van der Waals surface area contributed by atoms with Gasteiger partial charge in [0.05, 0.1) is 10.5 Å². The van der Waals surface area contributed by atoms with Crippen LogP contribution in [0.5, 0.6) is 0 Å². The largest absolute Gasteiger partial charge is 0.309 e. The molecule has 3 aromatic rings. The zero-order chi connectivity index (χ0) is 21.3. The molecule has 5 nitrogen and oxygen atoms in total. The van der Waals surface area contributed by atoms with Crippen molar-refractivity contribution in [3.05, 3.63) is 70.7 Å². The van der Waals surface area contributed by atoms with Crippen LogP contribution in [0.1, 0.15) is 30.1 Å². The molecular formula is C23H23BrN2O3S. The predicted molar refractivity (Wildman–Crippen MR) is 123 cm³/mol. The number of carbonyl (C=O) groups is 1. The Hall–Kier alpha value is -2.22. The summed E-state index contributed by atoms with van der Waals surface area (Å²) < 4.78 is 28.0. The van der Waals surface area contributed by atoms with E-state index in [0.717, 1.165) is 29.3 Å². The van der Waals surface area contributed by atoms with Gasteiger partial charge in [-0.1, -0.05) is 30.3 Å². The Morgan fingerprint density at radius 1 is 1.00 bits per heavy atom. The third-order valence-corrected chi connectivity index (χ3v) is 8.06. The third-order valence-electron chi connectivity index (χ3n) is 5.48. The first-order valence-electron chi connectivity index (χ1n) is 10.0. The van der Waals surface area contributed by atoms with E-state index in [0.29, 0.717) is 29.7 Å². The van der Waals surface area contributed by atoms with E-state index in [4.69, 9.17) is 0 Å². The summed E-state index contributed by atoms with van der Waals surface area (Å²) in [7, 11) is -3.60. The van der Waals surface area contributed by atoms with E-state index in [-0.39, 0.29) is 10.8 Å². The summed E-state index contributed by atoms with van der Waals surface area (Å²) in [6, 6.07) is 18.6. The molecule has 4 rings (SSSR count). The van der Waals surface area contributed by atoms with Gasteiger partial charge >= 0.3 is 0 Å². The Morgan fingerprint density at radius 3 is 2.40 bits per heavy atom. The Bertz CT molecular complexity index is 1200. The van der Waals surface area contributed by atoms with Gasteiger partial charge in [-0.15, -0.1) is 0 Å². The van der Waals surface area contributed by atoms with Gasteiger partial charge in [-0.05, 0) is 76.8 Å². The maximum atomic E-state index is 13.4. The first-order chi connectivity index (χ1) is 14.4. The molecule has 0 atom stereocenters. The molecule has 0 unspecified atom stereocenters. The van der Waals surface area contributed by atoms with Crippen molar-refractivity contribution in [1.29, 1.82) is 0 Å². The molecule has 3 aromatic carbocycles. The lowest BCUT2D eigenvalue weighted by atomic mass is 10.1. The number of sulfonamides is 1. The Morgan fingerprint density at radius 2 is 1.70 bits per heavy atom. The summed E-state index contributed by atoms with van der Waals surface area (Å²) in [5.41, 5.74) is 1.12. The minimum Gasteiger partial charge on any atom is -0.309 e. The molecule has 1 fully saturated rings. The average Bonchev–Trinajstić information content (AvgIpc) is 3.30. The summed E-state index contributed by atoms with van der Waals surface area (Å²) >= 11 is 3.44. The van der Waals surface area contributed by atoms with Crippen molar-refractivity contribution in [3.8, 4) is 0 Å². The summed E-state index contributed by atoms with van der Waals surface area (Å²) in [5, 5.41) is 2.15. The molecule has 1 heterocycles. The topological polar surface area (TPSA) is 57.7 Å². The molecule has 156 valence electrons. The van der Waals surface area contributed by atoms with Crippen LogP contribution in [0, 0.1) is 0 Å². The number of hydrogen-bond donors (Lipinski definition) is 0. The van der Waals surface area contributed by atoms with E-state index < -0.39 is 10.0 Å². The smallest absolute Gasteiger partial charge is 0.259 e. The van der Waals surface area contributed by atoms with Gasteiger partial charge in [0.1, 0.15) is 0 Å². The van der Waals surface area contributed by atoms with Crippen LogP contribution < -0.4 is 4.90 Å². The van der Waals surface area contributed by atoms with Gasteiger partial charge in [-0.25, -0.2) is 8.42 Å². The molecule has 0 spiro atoms. The maximum Gasteiger partial charge on any atom is 0.259 e. The summed E-state index contributed by atoms with van der Waals surface area (Å²) in [6.45, 7) is 3.43. The highest BCUT2D eigenvalue weighted by Crippen LogP contribution is 2.29. The maximum absolute atomic E-state index is 13.4. The number of amides is 1. The van der Waals surface area contributed by atoms with Gasteiger partial charge in [0.2, 0.25) is 10.0 Å². The molecule has 0 N–H and O–H groups in total. The standard InChI is InChI=1S/C23H23BrN2O3S/c1-2-26(19-10-9-17-7-3-4-8-18(17)15-19)23(27)21-16-20(11-12-22(21)24)30(28,29)25-13-5-6-14-25/h3-4,7-12,15-16H,2,5-6,13-14H2,1H3. The molecule has 1 aliphatic rings. The van der Waals surface area contributed by atoms with Crippen molar-refractivity contribution in [2.45, 2.75) is 24.7 Å². The van der Waals surface area contributed by atoms with Gasteiger partial charge in [0.15, 0.2) is 0 Å². The minimum absolute atomic E-state index is 0.158. The van der Waals surface area contributed by atoms with Crippen LogP contribution >= 0.6 is 15.9 Å². The van der Waals surface area contributed by atoms with Gasteiger partial charge < -0.3 is 4.90 Å². The quantitative estimate of drug-likeness (QED) is 0.506. The molecule has 0 aliphatic carbocycles. The Labute approximate surface area is 185 Å². The zero-order valence-electron chi connectivity index (χ0n) is 16.7. The normalized spacial score (nSPS) is 14.9. The van der Waals surface area contributed by atoms with Crippen molar-refractivity contribution in [2.24, 2.45) is 0 Å². The fourth-order valence-electron chi connectivity index (χ4n) is 3.84. The molecular weight excluding hydrogens is 464 g/mol. The first-order valence-corrected chi connectivity index (χ1v) is 12.3. The van der Waals surface area contributed by atoms with Gasteiger partial charge in [0, 0.05) is 29.8 Å². The van der Waals surface area contributed by atoms with Crippen LogP contribution in [-0.2, 0) is 10.0 Å². The van der Waals surface area contributed by atoms with Crippen LogP contribution in [0.2, 0.25) is 0 Å². The summed E-state index contributed by atoms with van der Waals surface area (Å²) in [4.78, 5) is 15.2. The summed E-state index contributed by atoms with van der Waals surface area (Å²) in [6.07, 6.45) is 1.74. The van der Waals surface area contributed by atoms with Gasteiger partial charge in [0.25, 0.3) is 5.91 Å². The average molecular weight is 487 g/mol. The lowest BCUT2D eigenvalue weighted by Crippen LogP contribution is -2.32. The molecule has 7 heteroatoms. The van der Waals surface area contributed by atoms with Crippen LogP contribution in [0.15, 0.2) is 70.0 Å². The third kappa shape index (κ3) is 3.89.